The van der Waals surface area contributed by atoms with Crippen LogP contribution in [0, 0.1) is 0 Å². The van der Waals surface area contributed by atoms with Crippen LogP contribution in [0.4, 0.5) is 0 Å². The van der Waals surface area contributed by atoms with Gasteiger partial charge in [-0.2, -0.15) is 0 Å². The number of hydrogen-bond acceptors (Lipinski definition) is 0. The molecule has 0 fully saturated rings. The lowest BCUT2D eigenvalue weighted by Crippen LogP contribution is -1.76. The monoisotopic (exact) mass is 208 g/mol. The van der Waals surface area contributed by atoms with Gasteiger partial charge in [-0.1, -0.05) is 50.8 Å². The lowest BCUT2D eigenvalue weighted by Gasteiger charge is -1.96. The lowest BCUT2D eigenvalue weighted by atomic mass is 10.1. The highest BCUT2D eigenvalue weighted by molar-refractivity contribution is 4.81. The van der Waals surface area contributed by atoms with Gasteiger partial charge >= 0.3 is 0 Å². The Morgan fingerprint density at radius 3 is 1.80 bits per heavy atom. The number of hydrogen-bond donors (Lipinski definition) is 0. The van der Waals surface area contributed by atoms with Crippen LogP contribution in [0.15, 0.2) is 24.8 Å². The van der Waals surface area contributed by atoms with Crippen LogP contribution >= 0.6 is 0 Å². The van der Waals surface area contributed by atoms with E-state index in [1.54, 1.807) is 0 Å². The van der Waals surface area contributed by atoms with Crippen molar-refractivity contribution < 1.29 is 0 Å². The smallest absolute Gasteiger partial charge is 0.0351 e. The molecule has 0 saturated carbocycles. The van der Waals surface area contributed by atoms with Crippen molar-refractivity contribution in [1.82, 2.24) is 0 Å². The van der Waals surface area contributed by atoms with Gasteiger partial charge in [-0.25, -0.2) is 0 Å². The summed E-state index contributed by atoms with van der Waals surface area (Å²) < 4.78 is 0. The molecule has 88 valence electrons. The van der Waals surface area contributed by atoms with Crippen LogP contribution in [0.2, 0.25) is 0 Å². The molecule has 0 spiro atoms. The van der Waals surface area contributed by atoms with Crippen LogP contribution in [-0.4, -0.2) is 0 Å². The summed E-state index contributed by atoms with van der Waals surface area (Å²) in [6.07, 6.45) is 20.0. The van der Waals surface area contributed by atoms with E-state index in [-0.39, 0.29) is 0 Å². The summed E-state index contributed by atoms with van der Waals surface area (Å²) in [5.41, 5.74) is 0. The summed E-state index contributed by atoms with van der Waals surface area (Å²) in [4.78, 5) is 0. The topological polar surface area (TPSA) is 0 Å². The summed E-state index contributed by atoms with van der Waals surface area (Å²) in [5, 5.41) is 0. The molecule has 0 aromatic heterocycles. The third-order valence-corrected chi connectivity index (χ3v) is 2.67. The molecule has 0 aromatic carbocycles. The van der Waals surface area contributed by atoms with Crippen LogP contribution in [0.25, 0.3) is 0 Å². The molecule has 0 aliphatic heterocycles. The fourth-order valence-electron chi connectivity index (χ4n) is 1.65. The quantitative estimate of drug-likeness (QED) is 0.304. The van der Waals surface area contributed by atoms with E-state index in [9.17, 15) is 0 Å². The van der Waals surface area contributed by atoms with Gasteiger partial charge in [0.25, 0.3) is 0 Å². The van der Waals surface area contributed by atoms with Crippen LogP contribution in [-0.2, 0) is 0 Å². The highest BCUT2D eigenvalue weighted by Gasteiger charge is 1.87. The first-order valence-corrected chi connectivity index (χ1v) is 6.67. The van der Waals surface area contributed by atoms with Crippen molar-refractivity contribution in [3.63, 3.8) is 0 Å². The highest BCUT2D eigenvalue weighted by Crippen LogP contribution is 2.07. The van der Waals surface area contributed by atoms with Gasteiger partial charge in [0.2, 0.25) is 0 Å². The first-order valence-electron chi connectivity index (χ1n) is 6.67. The summed E-state index contributed by atoms with van der Waals surface area (Å²) in [7, 11) is 0. The maximum absolute atomic E-state index is 3.73. The molecule has 0 atom stereocenters. The Balaban J connectivity index is 2.99. The van der Waals surface area contributed by atoms with Crippen molar-refractivity contribution >= 4 is 0 Å². The molecule has 0 heterocycles. The van der Waals surface area contributed by atoms with E-state index >= 15 is 0 Å². The first kappa shape index (κ1) is 14.5. The van der Waals surface area contributed by atoms with Gasteiger partial charge in [0, 0.05) is 0 Å². The van der Waals surface area contributed by atoms with Crippen LogP contribution in [0.3, 0.4) is 0 Å². The van der Waals surface area contributed by atoms with Crippen LogP contribution in [0.5, 0.6) is 0 Å². The van der Waals surface area contributed by atoms with Gasteiger partial charge in [-0.3, -0.25) is 0 Å². The van der Waals surface area contributed by atoms with E-state index in [1.807, 2.05) is 6.08 Å². The number of rotatable bonds is 11. The Bertz CT molecular complexity index is 144. The van der Waals surface area contributed by atoms with Crippen LogP contribution < -0.4 is 0 Å². The fraction of sp³-hybridized carbons (Fsp3) is 0.733. The maximum Gasteiger partial charge on any atom is -0.0351 e. The fourth-order valence-corrected chi connectivity index (χ4v) is 1.65. The van der Waals surface area contributed by atoms with E-state index in [4.69, 9.17) is 0 Å². The second-order valence-corrected chi connectivity index (χ2v) is 4.25. The van der Waals surface area contributed by atoms with E-state index in [0.29, 0.717) is 0 Å². The molecule has 0 amide bonds. The Morgan fingerprint density at radius 1 is 0.733 bits per heavy atom. The van der Waals surface area contributed by atoms with E-state index in [1.165, 1.54) is 64.2 Å². The number of unbranched alkanes of at least 4 members (excludes halogenated alkanes) is 8. The van der Waals surface area contributed by atoms with Crippen molar-refractivity contribution in [1.29, 1.82) is 0 Å². The molecule has 0 aromatic rings. The molecule has 0 unspecified atom stereocenters. The van der Waals surface area contributed by atoms with Gasteiger partial charge in [0.15, 0.2) is 0 Å². The van der Waals surface area contributed by atoms with Crippen molar-refractivity contribution in [2.45, 2.75) is 71.1 Å². The molecular weight excluding hydrogens is 180 g/mol. The molecular formula is C15H28. The summed E-state index contributed by atoms with van der Waals surface area (Å²) >= 11 is 0. The second kappa shape index (κ2) is 13.5. The normalized spacial score (nSPS) is 11.0. The van der Waals surface area contributed by atoms with E-state index in [0.717, 1.165) is 0 Å². The van der Waals surface area contributed by atoms with E-state index < -0.39 is 0 Å². The molecule has 0 aliphatic carbocycles. The zero-order chi connectivity index (χ0) is 11.2. The SMILES string of the molecule is C=CCCCCCC/C=C/CCCCC. The average molecular weight is 208 g/mol. The third-order valence-electron chi connectivity index (χ3n) is 2.67. The first-order chi connectivity index (χ1) is 7.41. The molecule has 0 radical (unpaired) electrons. The van der Waals surface area contributed by atoms with Gasteiger partial charge in [0.05, 0.1) is 0 Å². The Labute approximate surface area is 96.5 Å². The summed E-state index contributed by atoms with van der Waals surface area (Å²) in [6, 6.07) is 0. The summed E-state index contributed by atoms with van der Waals surface area (Å²) in [5.74, 6) is 0. The predicted octanol–water partition coefficient (Wildman–Crippen LogP) is 5.65. The van der Waals surface area contributed by atoms with Gasteiger partial charge in [-0.15, -0.1) is 6.58 Å². The highest BCUT2D eigenvalue weighted by atomic mass is 13.9. The van der Waals surface area contributed by atoms with E-state index in [2.05, 4.69) is 25.7 Å². The van der Waals surface area contributed by atoms with Crippen molar-refractivity contribution in [2.24, 2.45) is 0 Å². The Kier molecular flexibility index (Phi) is 13.0. The summed E-state index contributed by atoms with van der Waals surface area (Å²) in [6.45, 7) is 5.99. The Morgan fingerprint density at radius 2 is 1.27 bits per heavy atom. The molecule has 0 rings (SSSR count). The van der Waals surface area contributed by atoms with Gasteiger partial charge in [0.1, 0.15) is 0 Å². The molecule has 0 bridgehead atoms. The molecule has 0 heteroatoms. The van der Waals surface area contributed by atoms with Gasteiger partial charge in [-0.05, 0) is 38.5 Å². The minimum Gasteiger partial charge on any atom is -0.103 e. The molecule has 0 nitrogen and oxygen atoms in total. The zero-order valence-electron chi connectivity index (χ0n) is 10.5. The Hall–Kier alpha value is -0.520. The average Bonchev–Trinajstić information content (AvgIpc) is 2.26. The van der Waals surface area contributed by atoms with Crippen molar-refractivity contribution in [3.05, 3.63) is 24.8 Å². The molecule has 0 aliphatic rings. The largest absolute Gasteiger partial charge is 0.103 e. The van der Waals surface area contributed by atoms with Gasteiger partial charge < -0.3 is 0 Å². The zero-order valence-corrected chi connectivity index (χ0v) is 10.5. The minimum atomic E-state index is 1.19. The standard InChI is InChI=1S/C15H28/c1-3-5-7-9-11-13-15-14-12-10-8-6-4-2/h3,12,14H,1,4-11,13,15H2,2H3/b14-12+. The predicted molar refractivity (Wildman–Crippen MR) is 71.2 cm³/mol. The lowest BCUT2D eigenvalue weighted by molar-refractivity contribution is 0.651. The molecule has 0 saturated heterocycles. The van der Waals surface area contributed by atoms with Crippen LogP contribution in [0.1, 0.15) is 71.1 Å². The third kappa shape index (κ3) is 13.5. The second-order valence-electron chi connectivity index (χ2n) is 4.25. The maximum atomic E-state index is 3.73. The molecule has 0 N–H and O–H groups in total. The van der Waals surface area contributed by atoms with Crippen molar-refractivity contribution in [2.75, 3.05) is 0 Å². The minimum absolute atomic E-state index is 1.19. The molecule has 15 heavy (non-hydrogen) atoms. The van der Waals surface area contributed by atoms with Crippen molar-refractivity contribution in [3.8, 4) is 0 Å². The number of allylic oxidation sites excluding steroid dienone is 3.